The van der Waals surface area contributed by atoms with Gasteiger partial charge in [-0.1, -0.05) is 0 Å². The van der Waals surface area contributed by atoms with Crippen LogP contribution in [-0.2, 0) is 9.59 Å². The van der Waals surface area contributed by atoms with E-state index in [1.807, 2.05) is 0 Å². The van der Waals surface area contributed by atoms with Crippen LogP contribution >= 0.6 is 0 Å². The fourth-order valence-corrected chi connectivity index (χ4v) is 0.577. The van der Waals surface area contributed by atoms with Gasteiger partial charge in [0, 0.05) is 6.42 Å². The second kappa shape index (κ2) is 4.00. The van der Waals surface area contributed by atoms with E-state index in [0.717, 1.165) is 0 Å². The quantitative estimate of drug-likeness (QED) is 0.569. The molecule has 0 rings (SSSR count). The number of carboxylic acids is 1. The van der Waals surface area contributed by atoms with E-state index >= 15 is 0 Å². The molecule has 0 aromatic heterocycles. The minimum Gasteiger partial charge on any atom is -0.481 e. The molecular formula is C6H10O4. The van der Waals surface area contributed by atoms with Crippen LogP contribution in [0.2, 0.25) is 0 Å². The standard InChI is InChI=1S/C6H10O4/c1-4(8)2-5(3-7)6(9)10/h5,7H,2-3H2,1H3,(H,9,10)/t5-/m1/s1. The number of ketones is 1. The Labute approximate surface area is 58.5 Å². The third kappa shape index (κ3) is 3.19. The zero-order chi connectivity index (χ0) is 8.15. The SMILES string of the molecule is CC(=O)C[C@H](CO)C(=O)O. The Balaban J connectivity index is 3.83. The summed E-state index contributed by atoms with van der Waals surface area (Å²) in [6.07, 6.45) is -0.0914. The predicted molar refractivity (Wildman–Crippen MR) is 33.5 cm³/mol. The van der Waals surface area contributed by atoms with Crippen LogP contribution in [0.25, 0.3) is 0 Å². The molecule has 0 aliphatic carbocycles. The first-order chi connectivity index (χ1) is 4.57. The molecule has 10 heavy (non-hydrogen) atoms. The Morgan fingerprint density at radius 2 is 2.00 bits per heavy atom. The van der Waals surface area contributed by atoms with E-state index in [9.17, 15) is 9.59 Å². The van der Waals surface area contributed by atoms with Crippen molar-refractivity contribution in [2.45, 2.75) is 13.3 Å². The molecule has 4 heteroatoms. The number of carboxylic acid groups (broad SMARTS) is 1. The predicted octanol–water partition coefficient (Wildman–Crippen LogP) is -0.341. The highest BCUT2D eigenvalue weighted by molar-refractivity contribution is 5.82. The molecular weight excluding hydrogens is 136 g/mol. The summed E-state index contributed by atoms with van der Waals surface area (Å²) in [6.45, 7) is 0.820. The summed E-state index contributed by atoms with van der Waals surface area (Å²) in [5.41, 5.74) is 0. The summed E-state index contributed by atoms with van der Waals surface area (Å²) < 4.78 is 0. The number of rotatable bonds is 4. The van der Waals surface area contributed by atoms with Gasteiger partial charge in [0.05, 0.1) is 12.5 Å². The molecule has 0 saturated heterocycles. The fraction of sp³-hybridized carbons (Fsp3) is 0.667. The Bertz CT molecular complexity index is 141. The van der Waals surface area contributed by atoms with Crippen molar-refractivity contribution < 1.29 is 19.8 Å². The maximum Gasteiger partial charge on any atom is 0.309 e. The highest BCUT2D eigenvalue weighted by Gasteiger charge is 2.17. The molecule has 0 heterocycles. The van der Waals surface area contributed by atoms with Crippen molar-refractivity contribution >= 4 is 11.8 Å². The molecule has 0 radical (unpaired) electrons. The van der Waals surface area contributed by atoms with Gasteiger partial charge in [-0.3, -0.25) is 4.79 Å². The third-order valence-corrected chi connectivity index (χ3v) is 1.10. The highest BCUT2D eigenvalue weighted by Crippen LogP contribution is 2.01. The number of Topliss-reactive ketones (excluding diaryl/α,β-unsaturated/α-hetero) is 1. The molecule has 0 unspecified atom stereocenters. The molecule has 58 valence electrons. The first-order valence-corrected chi connectivity index (χ1v) is 2.91. The van der Waals surface area contributed by atoms with Crippen molar-refractivity contribution in [3.8, 4) is 0 Å². The van der Waals surface area contributed by atoms with Crippen LogP contribution in [0.3, 0.4) is 0 Å². The second-order valence-electron chi connectivity index (χ2n) is 2.12. The summed E-state index contributed by atoms with van der Waals surface area (Å²) >= 11 is 0. The van der Waals surface area contributed by atoms with E-state index in [0.29, 0.717) is 0 Å². The molecule has 0 amide bonds. The minimum absolute atomic E-state index is 0.0914. The third-order valence-electron chi connectivity index (χ3n) is 1.10. The smallest absolute Gasteiger partial charge is 0.309 e. The van der Waals surface area contributed by atoms with E-state index < -0.39 is 18.5 Å². The largest absolute Gasteiger partial charge is 0.481 e. The van der Waals surface area contributed by atoms with Crippen LogP contribution in [-0.4, -0.2) is 28.6 Å². The summed E-state index contributed by atoms with van der Waals surface area (Å²) in [6, 6.07) is 0. The van der Waals surface area contributed by atoms with Crippen LogP contribution in [0.15, 0.2) is 0 Å². The Morgan fingerprint density at radius 3 is 2.10 bits per heavy atom. The van der Waals surface area contributed by atoms with Gasteiger partial charge in [0.25, 0.3) is 0 Å². The lowest BCUT2D eigenvalue weighted by Crippen LogP contribution is -2.20. The molecule has 2 N–H and O–H groups in total. The zero-order valence-electron chi connectivity index (χ0n) is 5.70. The molecule has 0 aromatic carbocycles. The average Bonchev–Trinajstić information content (AvgIpc) is 1.81. The molecule has 0 spiro atoms. The Kier molecular flexibility index (Phi) is 3.64. The number of carbonyl (C=O) groups is 2. The molecule has 0 aliphatic heterocycles. The van der Waals surface area contributed by atoms with Crippen LogP contribution in [0.1, 0.15) is 13.3 Å². The van der Waals surface area contributed by atoms with Crippen LogP contribution in [0, 0.1) is 5.92 Å². The van der Waals surface area contributed by atoms with Gasteiger partial charge < -0.3 is 15.0 Å². The first kappa shape index (κ1) is 9.10. The molecule has 0 saturated carbocycles. The van der Waals surface area contributed by atoms with Crippen LogP contribution in [0.4, 0.5) is 0 Å². The first-order valence-electron chi connectivity index (χ1n) is 2.91. The average molecular weight is 146 g/mol. The van der Waals surface area contributed by atoms with Crippen molar-refractivity contribution in [1.82, 2.24) is 0 Å². The summed E-state index contributed by atoms with van der Waals surface area (Å²) in [5, 5.41) is 16.7. The monoisotopic (exact) mass is 146 g/mol. The molecule has 4 nitrogen and oxygen atoms in total. The number of aliphatic hydroxyl groups excluding tert-OH is 1. The van der Waals surface area contributed by atoms with Gasteiger partial charge in [0.15, 0.2) is 0 Å². The lowest BCUT2D eigenvalue weighted by atomic mass is 10.1. The molecule has 1 atom stereocenters. The van der Waals surface area contributed by atoms with Crippen molar-refractivity contribution in [2.24, 2.45) is 5.92 Å². The van der Waals surface area contributed by atoms with E-state index in [1.165, 1.54) is 6.92 Å². The molecule has 0 aromatic rings. The van der Waals surface area contributed by atoms with Gasteiger partial charge in [-0.15, -0.1) is 0 Å². The van der Waals surface area contributed by atoms with E-state index in [1.54, 1.807) is 0 Å². The maximum absolute atomic E-state index is 10.3. The topological polar surface area (TPSA) is 74.6 Å². The Morgan fingerprint density at radius 1 is 1.50 bits per heavy atom. The van der Waals surface area contributed by atoms with Crippen LogP contribution in [0.5, 0.6) is 0 Å². The number of aliphatic carboxylic acids is 1. The van der Waals surface area contributed by atoms with E-state index in [-0.39, 0.29) is 12.2 Å². The number of carbonyl (C=O) groups excluding carboxylic acids is 1. The maximum atomic E-state index is 10.3. The normalized spacial score (nSPS) is 12.6. The van der Waals surface area contributed by atoms with Gasteiger partial charge in [0.1, 0.15) is 5.78 Å². The van der Waals surface area contributed by atoms with Crippen molar-refractivity contribution in [2.75, 3.05) is 6.61 Å². The van der Waals surface area contributed by atoms with Gasteiger partial charge in [-0.25, -0.2) is 0 Å². The van der Waals surface area contributed by atoms with Crippen molar-refractivity contribution in [3.63, 3.8) is 0 Å². The number of hydrogen-bond donors (Lipinski definition) is 2. The van der Waals surface area contributed by atoms with Gasteiger partial charge in [-0.05, 0) is 6.92 Å². The Hall–Kier alpha value is -0.900. The van der Waals surface area contributed by atoms with Crippen molar-refractivity contribution in [1.29, 1.82) is 0 Å². The fourth-order valence-electron chi connectivity index (χ4n) is 0.577. The summed E-state index contributed by atoms with van der Waals surface area (Å²) in [7, 11) is 0. The zero-order valence-corrected chi connectivity index (χ0v) is 5.70. The second-order valence-corrected chi connectivity index (χ2v) is 2.12. The van der Waals surface area contributed by atoms with Gasteiger partial charge >= 0.3 is 5.97 Å². The summed E-state index contributed by atoms with van der Waals surface area (Å²) in [5.74, 6) is -2.28. The highest BCUT2D eigenvalue weighted by atomic mass is 16.4. The molecule has 0 bridgehead atoms. The minimum atomic E-state index is -1.13. The number of aliphatic hydroxyl groups is 1. The number of hydrogen-bond acceptors (Lipinski definition) is 3. The lowest BCUT2D eigenvalue weighted by Gasteiger charge is -2.04. The molecule has 0 fully saturated rings. The van der Waals surface area contributed by atoms with E-state index in [2.05, 4.69) is 0 Å². The summed E-state index contributed by atoms with van der Waals surface area (Å²) in [4.78, 5) is 20.5. The van der Waals surface area contributed by atoms with Crippen molar-refractivity contribution in [3.05, 3.63) is 0 Å². The van der Waals surface area contributed by atoms with E-state index in [4.69, 9.17) is 10.2 Å². The lowest BCUT2D eigenvalue weighted by molar-refractivity contribution is -0.145. The molecule has 0 aliphatic rings. The van der Waals surface area contributed by atoms with Crippen LogP contribution < -0.4 is 0 Å². The van der Waals surface area contributed by atoms with Gasteiger partial charge in [-0.2, -0.15) is 0 Å². The van der Waals surface area contributed by atoms with Gasteiger partial charge in [0.2, 0.25) is 0 Å².